The molecule has 0 saturated heterocycles. The lowest BCUT2D eigenvalue weighted by atomic mass is 10.1. The smallest absolute Gasteiger partial charge is 0.161 e. The van der Waals surface area contributed by atoms with E-state index in [1.165, 1.54) is 5.56 Å². The molecule has 1 aromatic rings. The van der Waals surface area contributed by atoms with Crippen molar-refractivity contribution in [2.75, 3.05) is 20.3 Å². The first-order chi connectivity index (χ1) is 9.21. The summed E-state index contributed by atoms with van der Waals surface area (Å²) in [4.78, 5) is 0. The minimum atomic E-state index is 0.528. The van der Waals surface area contributed by atoms with Crippen LogP contribution in [0.3, 0.4) is 0 Å². The number of benzene rings is 1. The average Bonchev–Trinajstić information content (AvgIpc) is 2.44. The second-order valence-corrected chi connectivity index (χ2v) is 4.59. The van der Waals surface area contributed by atoms with Crippen LogP contribution >= 0.6 is 0 Å². The zero-order valence-corrected chi connectivity index (χ0v) is 12.2. The van der Waals surface area contributed by atoms with Crippen LogP contribution in [0.25, 0.3) is 0 Å². The SMILES string of the molecule is C=CCc1ccc(OCCN[C@H](C)CC)c(OC)c1. The van der Waals surface area contributed by atoms with Crippen LogP contribution in [-0.4, -0.2) is 26.3 Å². The molecule has 1 rings (SSSR count). The van der Waals surface area contributed by atoms with Crippen molar-refractivity contribution in [3.05, 3.63) is 36.4 Å². The molecule has 0 amide bonds. The number of allylic oxidation sites excluding steroid dienone is 1. The van der Waals surface area contributed by atoms with Gasteiger partial charge in [0.05, 0.1) is 7.11 Å². The molecule has 1 atom stereocenters. The summed E-state index contributed by atoms with van der Waals surface area (Å²) >= 11 is 0. The Morgan fingerprint density at radius 1 is 1.37 bits per heavy atom. The molecule has 0 heterocycles. The fourth-order valence-electron chi connectivity index (χ4n) is 1.74. The molecule has 3 heteroatoms. The van der Waals surface area contributed by atoms with E-state index in [9.17, 15) is 0 Å². The molecule has 0 bridgehead atoms. The third-order valence-electron chi connectivity index (χ3n) is 3.07. The molecule has 0 aromatic heterocycles. The van der Waals surface area contributed by atoms with Gasteiger partial charge in [0.2, 0.25) is 0 Å². The second-order valence-electron chi connectivity index (χ2n) is 4.59. The molecule has 0 unspecified atom stereocenters. The van der Waals surface area contributed by atoms with E-state index < -0.39 is 0 Å². The number of methoxy groups -OCH3 is 1. The van der Waals surface area contributed by atoms with Gasteiger partial charge in [-0.1, -0.05) is 19.1 Å². The molecule has 0 saturated carbocycles. The number of nitrogens with one attached hydrogen (secondary N) is 1. The van der Waals surface area contributed by atoms with Crippen molar-refractivity contribution >= 4 is 0 Å². The third kappa shape index (κ3) is 5.35. The summed E-state index contributed by atoms with van der Waals surface area (Å²) in [6.45, 7) is 9.56. The van der Waals surface area contributed by atoms with Gasteiger partial charge in [-0.3, -0.25) is 0 Å². The highest BCUT2D eigenvalue weighted by Gasteiger charge is 2.05. The van der Waals surface area contributed by atoms with Gasteiger partial charge in [0.1, 0.15) is 6.61 Å². The summed E-state index contributed by atoms with van der Waals surface area (Å²) in [7, 11) is 1.66. The summed E-state index contributed by atoms with van der Waals surface area (Å²) in [5.74, 6) is 1.57. The van der Waals surface area contributed by atoms with Gasteiger partial charge in [0.15, 0.2) is 11.5 Å². The fraction of sp³-hybridized carbons (Fsp3) is 0.500. The van der Waals surface area contributed by atoms with Crippen LogP contribution in [0.2, 0.25) is 0 Å². The van der Waals surface area contributed by atoms with Gasteiger partial charge in [0, 0.05) is 12.6 Å². The number of hydrogen-bond donors (Lipinski definition) is 1. The topological polar surface area (TPSA) is 30.5 Å². The number of rotatable bonds is 9. The summed E-state index contributed by atoms with van der Waals surface area (Å²) in [6.07, 6.45) is 3.84. The zero-order chi connectivity index (χ0) is 14.1. The van der Waals surface area contributed by atoms with E-state index >= 15 is 0 Å². The second kappa shape index (κ2) is 8.59. The maximum Gasteiger partial charge on any atom is 0.161 e. The Balaban J connectivity index is 2.50. The molecule has 1 aromatic carbocycles. The fourth-order valence-corrected chi connectivity index (χ4v) is 1.74. The van der Waals surface area contributed by atoms with Crippen molar-refractivity contribution in [2.45, 2.75) is 32.7 Å². The molecule has 0 aliphatic carbocycles. The van der Waals surface area contributed by atoms with Crippen molar-refractivity contribution in [2.24, 2.45) is 0 Å². The van der Waals surface area contributed by atoms with E-state index in [1.54, 1.807) is 7.11 Å². The van der Waals surface area contributed by atoms with Crippen LogP contribution in [0.1, 0.15) is 25.8 Å². The van der Waals surface area contributed by atoms with Crippen LogP contribution in [0, 0.1) is 0 Å². The van der Waals surface area contributed by atoms with Crippen LogP contribution in [-0.2, 0) is 6.42 Å². The van der Waals surface area contributed by atoms with Crippen molar-refractivity contribution in [3.8, 4) is 11.5 Å². The summed E-state index contributed by atoms with van der Waals surface area (Å²) < 4.78 is 11.1. The highest BCUT2D eigenvalue weighted by molar-refractivity contribution is 5.43. The van der Waals surface area contributed by atoms with Crippen molar-refractivity contribution < 1.29 is 9.47 Å². The quantitative estimate of drug-likeness (QED) is 0.548. The predicted molar refractivity (Wildman–Crippen MR) is 80.1 cm³/mol. The Bertz CT molecular complexity index is 390. The first-order valence-corrected chi connectivity index (χ1v) is 6.85. The van der Waals surface area contributed by atoms with E-state index in [0.717, 1.165) is 30.9 Å². The highest BCUT2D eigenvalue weighted by Crippen LogP contribution is 2.28. The number of hydrogen-bond acceptors (Lipinski definition) is 3. The maximum absolute atomic E-state index is 5.74. The predicted octanol–water partition coefficient (Wildman–Crippen LogP) is 3.19. The molecule has 106 valence electrons. The van der Waals surface area contributed by atoms with Gasteiger partial charge in [-0.15, -0.1) is 6.58 Å². The summed E-state index contributed by atoms with van der Waals surface area (Å²) in [5, 5.41) is 3.39. The van der Waals surface area contributed by atoms with Gasteiger partial charge in [-0.2, -0.15) is 0 Å². The molecule has 0 radical (unpaired) electrons. The van der Waals surface area contributed by atoms with E-state index in [-0.39, 0.29) is 0 Å². The third-order valence-corrected chi connectivity index (χ3v) is 3.07. The molecular weight excluding hydrogens is 238 g/mol. The maximum atomic E-state index is 5.74. The van der Waals surface area contributed by atoms with Crippen LogP contribution in [0.4, 0.5) is 0 Å². The van der Waals surface area contributed by atoms with Crippen LogP contribution < -0.4 is 14.8 Å². The van der Waals surface area contributed by atoms with Gasteiger partial charge in [-0.25, -0.2) is 0 Å². The normalized spacial score (nSPS) is 11.9. The Hall–Kier alpha value is -1.48. The van der Waals surface area contributed by atoms with Crippen LogP contribution in [0.15, 0.2) is 30.9 Å². The molecule has 19 heavy (non-hydrogen) atoms. The first-order valence-electron chi connectivity index (χ1n) is 6.85. The average molecular weight is 263 g/mol. The Morgan fingerprint density at radius 3 is 2.79 bits per heavy atom. The van der Waals surface area contributed by atoms with Gasteiger partial charge < -0.3 is 14.8 Å². The highest BCUT2D eigenvalue weighted by atomic mass is 16.5. The molecule has 0 fully saturated rings. The van der Waals surface area contributed by atoms with Gasteiger partial charge in [0.25, 0.3) is 0 Å². The van der Waals surface area contributed by atoms with Gasteiger partial charge in [-0.05, 0) is 37.5 Å². The lowest BCUT2D eigenvalue weighted by molar-refractivity contribution is 0.286. The van der Waals surface area contributed by atoms with Crippen molar-refractivity contribution in [1.29, 1.82) is 0 Å². The van der Waals surface area contributed by atoms with E-state index in [0.29, 0.717) is 12.6 Å². The molecule has 1 N–H and O–H groups in total. The molecule has 0 aliphatic rings. The largest absolute Gasteiger partial charge is 0.493 e. The van der Waals surface area contributed by atoms with Crippen LogP contribution in [0.5, 0.6) is 11.5 Å². The minimum Gasteiger partial charge on any atom is -0.493 e. The standard InChI is InChI=1S/C16H25NO2/c1-5-7-14-8-9-15(16(12-14)18-4)19-11-10-17-13(3)6-2/h5,8-9,12-13,17H,1,6-7,10-11H2,2-4H3/t13-/m1/s1. The molecular formula is C16H25NO2. The van der Waals surface area contributed by atoms with E-state index in [1.807, 2.05) is 24.3 Å². The van der Waals surface area contributed by atoms with Crippen molar-refractivity contribution in [3.63, 3.8) is 0 Å². The molecule has 3 nitrogen and oxygen atoms in total. The Labute approximate surface area is 116 Å². The molecule has 0 spiro atoms. The number of ether oxygens (including phenoxy) is 2. The lowest BCUT2D eigenvalue weighted by Crippen LogP contribution is -2.29. The Morgan fingerprint density at radius 2 is 2.16 bits per heavy atom. The molecule has 0 aliphatic heterocycles. The monoisotopic (exact) mass is 263 g/mol. The minimum absolute atomic E-state index is 0.528. The Kier molecular flexibility index (Phi) is 7.04. The zero-order valence-electron chi connectivity index (χ0n) is 12.2. The van der Waals surface area contributed by atoms with Crippen molar-refractivity contribution in [1.82, 2.24) is 5.32 Å². The summed E-state index contributed by atoms with van der Waals surface area (Å²) in [6, 6.07) is 6.53. The van der Waals surface area contributed by atoms with Gasteiger partial charge >= 0.3 is 0 Å². The summed E-state index contributed by atoms with van der Waals surface area (Å²) in [5.41, 5.74) is 1.18. The lowest BCUT2D eigenvalue weighted by Gasteiger charge is -2.14. The van der Waals surface area contributed by atoms with E-state index in [2.05, 4.69) is 25.7 Å². The first kappa shape index (κ1) is 15.6. The van der Waals surface area contributed by atoms with E-state index in [4.69, 9.17) is 9.47 Å².